The van der Waals surface area contributed by atoms with Crippen LogP contribution in [0.15, 0.2) is 4.79 Å². The van der Waals surface area contributed by atoms with Gasteiger partial charge >= 0.3 is 0 Å². The van der Waals surface area contributed by atoms with Gasteiger partial charge < -0.3 is 9.88 Å². The van der Waals surface area contributed by atoms with E-state index in [0.29, 0.717) is 11.5 Å². The van der Waals surface area contributed by atoms with Crippen molar-refractivity contribution >= 4 is 5.91 Å². The van der Waals surface area contributed by atoms with E-state index in [1.807, 2.05) is 27.8 Å². The number of amides is 1. The van der Waals surface area contributed by atoms with Crippen molar-refractivity contribution in [3.63, 3.8) is 0 Å². The van der Waals surface area contributed by atoms with Gasteiger partial charge in [0.1, 0.15) is 11.4 Å². The largest absolute Gasteiger partial charge is 0.341 e. The Bertz CT molecular complexity index is 783. The number of aromatic nitrogens is 2. The Balaban J connectivity index is 1.56. The normalized spacial score (nSPS) is 32.0. The van der Waals surface area contributed by atoms with Crippen LogP contribution in [0.25, 0.3) is 0 Å². The van der Waals surface area contributed by atoms with Crippen molar-refractivity contribution in [2.75, 3.05) is 13.6 Å². The van der Waals surface area contributed by atoms with E-state index in [2.05, 4.69) is 9.97 Å². The summed E-state index contributed by atoms with van der Waals surface area (Å²) in [5.74, 6) is 3.02. The van der Waals surface area contributed by atoms with Gasteiger partial charge in [0.25, 0.3) is 11.5 Å². The molecule has 148 valence electrons. The van der Waals surface area contributed by atoms with Crippen molar-refractivity contribution in [3.8, 4) is 0 Å². The second-order valence-electron chi connectivity index (χ2n) is 10.7. The van der Waals surface area contributed by atoms with Crippen molar-refractivity contribution in [2.24, 2.45) is 23.2 Å². The Labute approximate surface area is 162 Å². The van der Waals surface area contributed by atoms with Gasteiger partial charge in [-0.3, -0.25) is 9.59 Å². The molecule has 4 fully saturated rings. The number of nitrogens with one attached hydrogen (secondary N) is 1. The lowest BCUT2D eigenvalue weighted by molar-refractivity contribution is -0.0629. The van der Waals surface area contributed by atoms with Crippen LogP contribution in [0.1, 0.15) is 81.2 Å². The van der Waals surface area contributed by atoms with Gasteiger partial charge in [-0.05, 0) is 68.6 Å². The second-order valence-corrected chi connectivity index (χ2v) is 10.7. The van der Waals surface area contributed by atoms with E-state index in [4.69, 9.17) is 0 Å². The van der Waals surface area contributed by atoms with Gasteiger partial charge in [-0.2, -0.15) is 0 Å². The fourth-order valence-electron chi connectivity index (χ4n) is 6.44. The molecule has 1 aromatic rings. The molecule has 1 amide bonds. The molecule has 0 unspecified atom stereocenters. The molecule has 0 radical (unpaired) electrons. The van der Waals surface area contributed by atoms with Crippen LogP contribution < -0.4 is 5.56 Å². The predicted molar refractivity (Wildman–Crippen MR) is 106 cm³/mol. The van der Waals surface area contributed by atoms with Gasteiger partial charge in [0, 0.05) is 19.0 Å². The van der Waals surface area contributed by atoms with Gasteiger partial charge in [0.2, 0.25) is 0 Å². The molecule has 1 aromatic heterocycles. The number of carbonyl (C=O) groups excluding carboxylic acids is 1. The first kappa shape index (κ1) is 18.7. The summed E-state index contributed by atoms with van der Waals surface area (Å²) in [5.41, 5.74) is 0.450. The number of rotatable bonds is 3. The maximum atomic E-state index is 13.1. The lowest BCUT2D eigenvalue weighted by atomic mass is 9.49. The lowest BCUT2D eigenvalue weighted by Crippen LogP contribution is -2.51. The minimum atomic E-state index is -0.310. The molecular weight excluding hydrogens is 338 g/mol. The minimum Gasteiger partial charge on any atom is -0.341 e. The zero-order valence-electron chi connectivity index (χ0n) is 17.4. The van der Waals surface area contributed by atoms with Crippen LogP contribution in [0, 0.1) is 30.1 Å². The van der Waals surface area contributed by atoms with Crippen LogP contribution in [0.4, 0.5) is 0 Å². The number of nitrogens with zero attached hydrogens (tertiary/aromatic N) is 2. The molecule has 5 heteroatoms. The van der Waals surface area contributed by atoms with Crippen LogP contribution in [0.2, 0.25) is 0 Å². The summed E-state index contributed by atoms with van der Waals surface area (Å²) in [6, 6.07) is 0. The monoisotopic (exact) mass is 371 g/mol. The van der Waals surface area contributed by atoms with Gasteiger partial charge in [0.15, 0.2) is 0 Å². The molecule has 0 aromatic carbocycles. The Morgan fingerprint density at radius 3 is 2.11 bits per heavy atom. The van der Waals surface area contributed by atoms with Gasteiger partial charge in [0.05, 0.1) is 5.69 Å². The maximum absolute atomic E-state index is 13.1. The molecule has 0 aliphatic heterocycles. The molecule has 1 N–H and O–H groups in total. The molecule has 4 saturated carbocycles. The molecule has 0 spiro atoms. The SMILES string of the molecule is Cc1nc(C(C)(C)C)[nH]c(=O)c1C(=O)N(C)CC12CC3CC(CC(C3)C1)C2. The minimum absolute atomic E-state index is 0.183. The topological polar surface area (TPSA) is 66.1 Å². The van der Waals surface area contributed by atoms with E-state index in [-0.39, 0.29) is 27.9 Å². The first-order chi connectivity index (χ1) is 12.6. The van der Waals surface area contributed by atoms with E-state index in [9.17, 15) is 9.59 Å². The van der Waals surface area contributed by atoms with Crippen molar-refractivity contribution in [1.29, 1.82) is 0 Å². The summed E-state index contributed by atoms with van der Waals surface area (Å²) in [7, 11) is 1.86. The van der Waals surface area contributed by atoms with Crippen molar-refractivity contribution in [1.82, 2.24) is 14.9 Å². The highest BCUT2D eigenvalue weighted by molar-refractivity contribution is 5.94. The third-order valence-electron chi connectivity index (χ3n) is 7.11. The third-order valence-corrected chi connectivity index (χ3v) is 7.11. The van der Waals surface area contributed by atoms with Crippen LogP contribution in [0.5, 0.6) is 0 Å². The van der Waals surface area contributed by atoms with E-state index in [1.165, 1.54) is 38.5 Å². The van der Waals surface area contributed by atoms with E-state index in [1.54, 1.807) is 11.8 Å². The molecule has 4 bridgehead atoms. The zero-order chi connectivity index (χ0) is 19.6. The standard InChI is InChI=1S/C22H33N3O2/c1-13-17(18(26)24-20(23-13)21(2,3)4)19(27)25(5)12-22-9-14-6-15(10-22)8-16(7-14)11-22/h14-16H,6-12H2,1-5H3,(H,23,24,26). The fraction of sp³-hybridized carbons (Fsp3) is 0.773. The summed E-state index contributed by atoms with van der Waals surface area (Å²) >= 11 is 0. The van der Waals surface area contributed by atoms with Crippen LogP contribution in [-0.2, 0) is 5.41 Å². The lowest BCUT2D eigenvalue weighted by Gasteiger charge is -2.57. The summed E-state index contributed by atoms with van der Waals surface area (Å²) in [4.78, 5) is 35.0. The Morgan fingerprint density at radius 1 is 1.15 bits per heavy atom. The molecule has 1 heterocycles. The van der Waals surface area contributed by atoms with Crippen molar-refractivity contribution in [2.45, 2.75) is 71.6 Å². The zero-order valence-corrected chi connectivity index (χ0v) is 17.4. The smallest absolute Gasteiger partial charge is 0.264 e. The number of aromatic amines is 1. The third kappa shape index (κ3) is 3.34. The highest BCUT2D eigenvalue weighted by atomic mass is 16.2. The molecule has 0 saturated heterocycles. The summed E-state index contributed by atoms with van der Waals surface area (Å²) in [5, 5.41) is 0. The molecular formula is C22H33N3O2. The molecule has 5 nitrogen and oxygen atoms in total. The Hall–Kier alpha value is -1.65. The van der Waals surface area contributed by atoms with E-state index < -0.39 is 0 Å². The quantitative estimate of drug-likeness (QED) is 0.882. The van der Waals surface area contributed by atoms with Crippen LogP contribution in [-0.4, -0.2) is 34.4 Å². The van der Waals surface area contributed by atoms with E-state index >= 15 is 0 Å². The summed E-state index contributed by atoms with van der Waals surface area (Å²) < 4.78 is 0. The molecule has 4 aliphatic rings. The summed E-state index contributed by atoms with van der Waals surface area (Å²) in [6.45, 7) is 8.56. The Kier molecular flexibility index (Phi) is 4.28. The van der Waals surface area contributed by atoms with Crippen molar-refractivity contribution < 1.29 is 4.79 Å². The average molecular weight is 372 g/mol. The number of H-pyrrole nitrogens is 1. The molecule has 4 aliphatic carbocycles. The second kappa shape index (κ2) is 6.18. The fourth-order valence-corrected chi connectivity index (χ4v) is 6.44. The first-order valence-electron chi connectivity index (χ1n) is 10.4. The maximum Gasteiger partial charge on any atom is 0.264 e. The first-order valence-corrected chi connectivity index (χ1v) is 10.4. The van der Waals surface area contributed by atoms with Gasteiger partial charge in [-0.15, -0.1) is 0 Å². The molecule has 5 rings (SSSR count). The van der Waals surface area contributed by atoms with Gasteiger partial charge in [-0.25, -0.2) is 4.98 Å². The van der Waals surface area contributed by atoms with Crippen LogP contribution in [0.3, 0.4) is 0 Å². The number of hydrogen-bond donors (Lipinski definition) is 1. The molecule has 27 heavy (non-hydrogen) atoms. The number of aryl methyl sites for hydroxylation is 1. The average Bonchev–Trinajstić information content (AvgIpc) is 2.51. The van der Waals surface area contributed by atoms with Gasteiger partial charge in [-0.1, -0.05) is 20.8 Å². The van der Waals surface area contributed by atoms with Crippen LogP contribution >= 0.6 is 0 Å². The Morgan fingerprint density at radius 2 is 1.67 bits per heavy atom. The number of hydrogen-bond acceptors (Lipinski definition) is 3. The highest BCUT2D eigenvalue weighted by Gasteiger charge is 2.51. The van der Waals surface area contributed by atoms with E-state index in [0.717, 1.165) is 24.3 Å². The predicted octanol–water partition coefficient (Wildman–Crippen LogP) is 3.66. The number of carbonyl (C=O) groups is 1. The van der Waals surface area contributed by atoms with Crippen molar-refractivity contribution in [3.05, 3.63) is 27.4 Å². The highest BCUT2D eigenvalue weighted by Crippen LogP contribution is 2.60. The summed E-state index contributed by atoms with van der Waals surface area (Å²) in [6.07, 6.45) is 7.96. The molecule has 0 atom stereocenters.